The molecule has 0 heterocycles. The highest BCUT2D eigenvalue weighted by Crippen LogP contribution is 2.26. The lowest BCUT2D eigenvalue weighted by Gasteiger charge is -2.06. The largest absolute Gasteiger partial charge is 0.299 e. The van der Waals surface area contributed by atoms with Gasteiger partial charge >= 0.3 is 0 Å². The average molecular weight is 315 g/mol. The summed E-state index contributed by atoms with van der Waals surface area (Å²) in [4.78, 5) is 11.9. The van der Waals surface area contributed by atoms with Gasteiger partial charge in [0, 0.05) is 18.9 Å². The van der Waals surface area contributed by atoms with E-state index in [4.69, 9.17) is 23.2 Å². The van der Waals surface area contributed by atoms with Crippen molar-refractivity contribution in [1.29, 1.82) is 0 Å². The van der Waals surface area contributed by atoms with E-state index in [0.717, 1.165) is 12.1 Å². The first-order valence-electron chi connectivity index (χ1n) is 5.86. The molecule has 0 bridgehead atoms. The SMILES string of the molecule is O=C(Cc1ccc(F)cc1F)Cc1cccc(Cl)c1Cl. The van der Waals surface area contributed by atoms with Crippen molar-refractivity contribution >= 4 is 29.0 Å². The third-order valence-corrected chi connectivity index (χ3v) is 3.68. The second kappa shape index (κ2) is 6.33. The molecule has 0 N–H and O–H groups in total. The quantitative estimate of drug-likeness (QED) is 0.804. The van der Waals surface area contributed by atoms with Gasteiger partial charge in [0.1, 0.15) is 17.4 Å². The number of carbonyl (C=O) groups excluding carboxylic acids is 1. The lowest BCUT2D eigenvalue weighted by Crippen LogP contribution is -2.08. The summed E-state index contributed by atoms with van der Waals surface area (Å²) in [5.41, 5.74) is 0.751. The van der Waals surface area contributed by atoms with Gasteiger partial charge in [0.05, 0.1) is 10.0 Å². The molecule has 2 aromatic rings. The molecule has 0 radical (unpaired) electrons. The second-order valence-electron chi connectivity index (χ2n) is 4.34. The maximum Gasteiger partial charge on any atom is 0.141 e. The van der Waals surface area contributed by atoms with Crippen LogP contribution < -0.4 is 0 Å². The zero-order valence-electron chi connectivity index (χ0n) is 10.3. The Morgan fingerprint density at radius 2 is 1.70 bits per heavy atom. The molecule has 0 aromatic heterocycles. The van der Waals surface area contributed by atoms with E-state index in [-0.39, 0.29) is 24.2 Å². The predicted molar refractivity (Wildman–Crippen MR) is 75.2 cm³/mol. The molecule has 0 atom stereocenters. The lowest BCUT2D eigenvalue weighted by molar-refractivity contribution is -0.117. The van der Waals surface area contributed by atoms with E-state index in [1.807, 2.05) is 0 Å². The highest BCUT2D eigenvalue weighted by molar-refractivity contribution is 6.42. The topological polar surface area (TPSA) is 17.1 Å². The smallest absolute Gasteiger partial charge is 0.141 e. The summed E-state index contributed by atoms with van der Waals surface area (Å²) in [6.07, 6.45) is -0.0643. The van der Waals surface area contributed by atoms with Crippen molar-refractivity contribution in [1.82, 2.24) is 0 Å². The van der Waals surface area contributed by atoms with E-state index in [2.05, 4.69) is 0 Å². The normalized spacial score (nSPS) is 10.6. The van der Waals surface area contributed by atoms with Crippen LogP contribution in [0.25, 0.3) is 0 Å². The van der Waals surface area contributed by atoms with Crippen molar-refractivity contribution in [3.8, 4) is 0 Å². The monoisotopic (exact) mass is 314 g/mol. The average Bonchev–Trinajstić information content (AvgIpc) is 2.38. The molecule has 0 saturated heterocycles. The summed E-state index contributed by atoms with van der Waals surface area (Å²) in [7, 11) is 0. The molecule has 2 aromatic carbocycles. The number of benzene rings is 2. The first-order chi connectivity index (χ1) is 9.47. The first kappa shape index (κ1) is 14.9. The van der Waals surface area contributed by atoms with Crippen molar-refractivity contribution in [2.24, 2.45) is 0 Å². The Hall–Kier alpha value is -1.45. The summed E-state index contributed by atoms with van der Waals surface area (Å²) in [6.45, 7) is 0. The van der Waals surface area contributed by atoms with E-state index in [9.17, 15) is 13.6 Å². The minimum Gasteiger partial charge on any atom is -0.299 e. The van der Waals surface area contributed by atoms with Gasteiger partial charge in [-0.05, 0) is 23.3 Å². The molecule has 104 valence electrons. The van der Waals surface area contributed by atoms with Crippen LogP contribution in [0.5, 0.6) is 0 Å². The maximum atomic E-state index is 13.5. The number of Topliss-reactive ketones (excluding diaryl/α,β-unsaturated/α-hetero) is 1. The van der Waals surface area contributed by atoms with E-state index >= 15 is 0 Å². The zero-order valence-corrected chi connectivity index (χ0v) is 11.8. The fourth-order valence-corrected chi connectivity index (χ4v) is 2.22. The number of carbonyl (C=O) groups is 1. The van der Waals surface area contributed by atoms with Crippen molar-refractivity contribution in [3.05, 3.63) is 69.2 Å². The molecule has 0 fully saturated rings. The summed E-state index contributed by atoms with van der Waals surface area (Å²) in [5, 5.41) is 0.687. The highest BCUT2D eigenvalue weighted by atomic mass is 35.5. The lowest BCUT2D eigenvalue weighted by atomic mass is 10.0. The van der Waals surface area contributed by atoms with Crippen LogP contribution in [0.15, 0.2) is 36.4 Å². The molecule has 0 aliphatic carbocycles. The summed E-state index contributed by atoms with van der Waals surface area (Å²) >= 11 is 11.8. The Bertz CT molecular complexity index is 656. The fraction of sp³-hybridized carbons (Fsp3) is 0.133. The van der Waals surface area contributed by atoms with Crippen LogP contribution in [-0.4, -0.2) is 5.78 Å². The van der Waals surface area contributed by atoms with Crippen molar-refractivity contribution < 1.29 is 13.6 Å². The minimum atomic E-state index is -0.726. The summed E-state index contributed by atoms with van der Waals surface area (Å²) in [5.74, 6) is -1.62. The van der Waals surface area contributed by atoms with Crippen LogP contribution in [0.3, 0.4) is 0 Å². The van der Waals surface area contributed by atoms with Crippen molar-refractivity contribution in [2.45, 2.75) is 12.8 Å². The van der Waals surface area contributed by atoms with E-state index < -0.39 is 11.6 Å². The Balaban J connectivity index is 2.11. The molecule has 0 aliphatic heterocycles. The molecular weight excluding hydrogens is 305 g/mol. The summed E-state index contributed by atoms with van der Waals surface area (Å²) < 4.78 is 26.2. The second-order valence-corrected chi connectivity index (χ2v) is 5.13. The molecule has 0 amide bonds. The Morgan fingerprint density at radius 1 is 1.00 bits per heavy atom. The third kappa shape index (κ3) is 3.56. The molecule has 5 heteroatoms. The number of hydrogen-bond acceptors (Lipinski definition) is 1. The van der Waals surface area contributed by atoms with Gasteiger partial charge in [0.15, 0.2) is 0 Å². The predicted octanol–water partition coefficient (Wildman–Crippen LogP) is 4.63. The van der Waals surface area contributed by atoms with Crippen LogP contribution in [0.2, 0.25) is 10.0 Å². The first-order valence-corrected chi connectivity index (χ1v) is 6.61. The Labute approximate surface area is 125 Å². The van der Waals surface area contributed by atoms with Gasteiger partial charge in [-0.25, -0.2) is 8.78 Å². The van der Waals surface area contributed by atoms with Crippen molar-refractivity contribution in [2.75, 3.05) is 0 Å². The molecular formula is C15H10Cl2F2O. The Kier molecular flexibility index (Phi) is 4.73. The molecule has 20 heavy (non-hydrogen) atoms. The fourth-order valence-electron chi connectivity index (χ4n) is 1.84. The highest BCUT2D eigenvalue weighted by Gasteiger charge is 2.12. The van der Waals surface area contributed by atoms with Crippen molar-refractivity contribution in [3.63, 3.8) is 0 Å². The number of ketones is 1. The van der Waals surface area contributed by atoms with E-state index in [0.29, 0.717) is 15.6 Å². The maximum absolute atomic E-state index is 13.5. The third-order valence-electron chi connectivity index (χ3n) is 2.82. The van der Waals surface area contributed by atoms with Crippen LogP contribution >= 0.6 is 23.2 Å². The van der Waals surface area contributed by atoms with E-state index in [1.54, 1.807) is 18.2 Å². The van der Waals surface area contributed by atoms with Crippen LogP contribution in [-0.2, 0) is 17.6 Å². The van der Waals surface area contributed by atoms with Gasteiger partial charge < -0.3 is 0 Å². The number of hydrogen-bond donors (Lipinski definition) is 0. The molecule has 0 aliphatic rings. The number of halogens is 4. The Morgan fingerprint density at radius 3 is 2.40 bits per heavy atom. The zero-order chi connectivity index (χ0) is 14.7. The van der Waals surface area contributed by atoms with Gasteiger partial charge in [0.2, 0.25) is 0 Å². The van der Waals surface area contributed by atoms with Gasteiger partial charge in [-0.1, -0.05) is 41.4 Å². The minimum absolute atomic E-state index is 0.0518. The van der Waals surface area contributed by atoms with Crippen LogP contribution in [0.1, 0.15) is 11.1 Å². The van der Waals surface area contributed by atoms with Gasteiger partial charge in [-0.3, -0.25) is 4.79 Å². The van der Waals surface area contributed by atoms with Gasteiger partial charge in [-0.2, -0.15) is 0 Å². The van der Waals surface area contributed by atoms with E-state index in [1.165, 1.54) is 6.07 Å². The molecule has 0 saturated carbocycles. The molecule has 2 rings (SSSR count). The molecule has 1 nitrogen and oxygen atoms in total. The van der Waals surface area contributed by atoms with Gasteiger partial charge in [-0.15, -0.1) is 0 Å². The van der Waals surface area contributed by atoms with Crippen LogP contribution in [0.4, 0.5) is 8.78 Å². The van der Waals surface area contributed by atoms with Crippen LogP contribution in [0, 0.1) is 11.6 Å². The standard InChI is InChI=1S/C15H10Cl2F2O/c16-13-3-1-2-10(15(13)17)7-12(20)6-9-4-5-11(18)8-14(9)19/h1-5,8H,6-7H2. The van der Waals surface area contributed by atoms with Gasteiger partial charge in [0.25, 0.3) is 0 Å². The number of rotatable bonds is 4. The molecule has 0 spiro atoms. The summed E-state index contributed by atoms with van der Waals surface area (Å²) in [6, 6.07) is 8.15. The molecule has 0 unspecified atom stereocenters.